The molecule has 0 atom stereocenters. The van der Waals surface area contributed by atoms with Gasteiger partial charge in [-0.2, -0.15) is 0 Å². The Morgan fingerprint density at radius 1 is 0.818 bits per heavy atom. The van der Waals surface area contributed by atoms with Crippen molar-refractivity contribution in [1.29, 1.82) is 0 Å². The van der Waals surface area contributed by atoms with Crippen molar-refractivity contribution < 1.29 is 9.85 Å². The van der Waals surface area contributed by atoms with E-state index >= 15 is 0 Å². The van der Waals surface area contributed by atoms with E-state index in [2.05, 4.69) is 0 Å². The lowest BCUT2D eigenvalue weighted by molar-refractivity contribution is -0.386. The first-order valence-corrected chi connectivity index (χ1v) is 6.81. The van der Waals surface area contributed by atoms with Crippen LogP contribution in [-0.4, -0.2) is 9.85 Å². The quantitative estimate of drug-likeness (QED) is 0.623. The smallest absolute Gasteiger partial charge is 0.258 e. The Labute approximate surface area is 127 Å². The van der Waals surface area contributed by atoms with Gasteiger partial charge in [0, 0.05) is 29.2 Å². The second kappa shape index (κ2) is 5.93. The van der Waals surface area contributed by atoms with Crippen LogP contribution in [-0.2, 0) is 0 Å². The maximum absolute atomic E-state index is 11.3. The fraction of sp³-hybridized carbons (Fsp3) is 0.250. The maximum atomic E-state index is 11.3. The zero-order valence-electron chi connectivity index (χ0n) is 12.6. The maximum Gasteiger partial charge on any atom is 0.273 e. The van der Waals surface area contributed by atoms with Crippen LogP contribution in [0.25, 0.3) is 0 Å². The van der Waals surface area contributed by atoms with E-state index in [1.165, 1.54) is 12.1 Å². The van der Waals surface area contributed by atoms with Crippen LogP contribution < -0.4 is 0 Å². The number of benzene rings is 2. The molecular formula is C16H16N2O4. The van der Waals surface area contributed by atoms with Crippen LogP contribution in [0.2, 0.25) is 0 Å². The van der Waals surface area contributed by atoms with Crippen molar-refractivity contribution in [2.45, 2.75) is 26.7 Å². The van der Waals surface area contributed by atoms with Crippen molar-refractivity contribution >= 4 is 11.4 Å². The minimum absolute atomic E-state index is 0.0117. The highest BCUT2D eigenvalue weighted by Crippen LogP contribution is 2.36. The number of nitrogens with zero attached hydrogens (tertiary/aromatic N) is 2. The van der Waals surface area contributed by atoms with Gasteiger partial charge in [-0.05, 0) is 25.0 Å². The lowest BCUT2D eigenvalue weighted by Crippen LogP contribution is -2.05. The average Bonchev–Trinajstić information content (AvgIpc) is 2.46. The van der Waals surface area contributed by atoms with Crippen LogP contribution in [0.5, 0.6) is 0 Å². The largest absolute Gasteiger partial charge is 0.273 e. The first-order chi connectivity index (χ1) is 10.3. The second-order valence-corrected chi connectivity index (χ2v) is 5.36. The molecule has 0 spiro atoms. The molecule has 0 aliphatic rings. The summed E-state index contributed by atoms with van der Waals surface area (Å²) in [6.07, 6.45) is 0. The number of rotatable bonds is 4. The van der Waals surface area contributed by atoms with Crippen LogP contribution in [0.15, 0.2) is 36.4 Å². The Morgan fingerprint density at radius 2 is 1.18 bits per heavy atom. The third-order valence-corrected chi connectivity index (χ3v) is 3.70. The van der Waals surface area contributed by atoms with Crippen molar-refractivity contribution in [1.82, 2.24) is 0 Å². The van der Waals surface area contributed by atoms with Gasteiger partial charge in [0.1, 0.15) is 0 Å². The highest BCUT2D eigenvalue weighted by molar-refractivity contribution is 5.54. The molecule has 114 valence electrons. The summed E-state index contributed by atoms with van der Waals surface area (Å²) >= 11 is 0. The van der Waals surface area contributed by atoms with Gasteiger partial charge in [0.25, 0.3) is 11.4 Å². The predicted molar refractivity (Wildman–Crippen MR) is 83.2 cm³/mol. The average molecular weight is 300 g/mol. The molecule has 6 heteroatoms. The van der Waals surface area contributed by atoms with Gasteiger partial charge in [-0.25, -0.2) is 0 Å². The van der Waals surface area contributed by atoms with E-state index in [0.717, 1.165) is 11.1 Å². The molecule has 0 saturated heterocycles. The fourth-order valence-electron chi connectivity index (χ4n) is 2.52. The van der Waals surface area contributed by atoms with Gasteiger partial charge >= 0.3 is 0 Å². The Balaban J connectivity index is 2.60. The van der Waals surface area contributed by atoms with Crippen molar-refractivity contribution in [3.63, 3.8) is 0 Å². The standard InChI is InChI=1S/C16H16N2O4/c1-10-4-6-13(15(8-10)17(19)20)12(3)14-7-5-11(2)9-16(14)18(21)22/h4-9,12H,1-3H3. The van der Waals surface area contributed by atoms with Crippen LogP contribution in [0.3, 0.4) is 0 Å². The number of nitro groups is 2. The summed E-state index contributed by atoms with van der Waals surface area (Å²) in [5.41, 5.74) is 2.48. The summed E-state index contributed by atoms with van der Waals surface area (Å²) in [5.74, 6) is -0.443. The van der Waals surface area contributed by atoms with Crippen LogP contribution in [0.1, 0.15) is 35.1 Å². The van der Waals surface area contributed by atoms with E-state index in [9.17, 15) is 20.2 Å². The summed E-state index contributed by atoms with van der Waals surface area (Å²) in [6, 6.07) is 9.87. The molecule has 0 aliphatic heterocycles. The van der Waals surface area contributed by atoms with Crippen molar-refractivity contribution in [3.05, 3.63) is 78.9 Å². The Morgan fingerprint density at radius 3 is 1.50 bits per heavy atom. The van der Waals surface area contributed by atoms with E-state index in [0.29, 0.717) is 11.1 Å². The third-order valence-electron chi connectivity index (χ3n) is 3.70. The predicted octanol–water partition coefficient (Wildman–Crippen LogP) is 4.27. The van der Waals surface area contributed by atoms with Gasteiger partial charge in [-0.1, -0.05) is 31.2 Å². The fourth-order valence-corrected chi connectivity index (χ4v) is 2.52. The number of nitro benzene ring substituents is 2. The van der Waals surface area contributed by atoms with Gasteiger partial charge in [0.15, 0.2) is 0 Å². The molecule has 0 saturated carbocycles. The minimum atomic E-state index is -0.446. The Kier molecular flexibility index (Phi) is 4.21. The summed E-state index contributed by atoms with van der Waals surface area (Å²) in [4.78, 5) is 21.6. The SMILES string of the molecule is Cc1ccc(C(C)c2ccc(C)cc2[N+](=O)[O-])c([N+](=O)[O-])c1. The van der Waals surface area contributed by atoms with Crippen LogP contribution >= 0.6 is 0 Å². The normalized spacial score (nSPS) is 10.7. The van der Waals surface area contributed by atoms with E-state index in [1.54, 1.807) is 45.0 Å². The van der Waals surface area contributed by atoms with Crippen molar-refractivity contribution in [2.24, 2.45) is 0 Å². The molecule has 0 radical (unpaired) electrons. The van der Waals surface area contributed by atoms with Gasteiger partial charge in [0.05, 0.1) is 9.85 Å². The van der Waals surface area contributed by atoms with Gasteiger partial charge in [-0.15, -0.1) is 0 Å². The zero-order chi connectivity index (χ0) is 16.4. The Bertz CT molecular complexity index is 692. The first-order valence-electron chi connectivity index (χ1n) is 6.81. The van der Waals surface area contributed by atoms with Gasteiger partial charge < -0.3 is 0 Å². The molecule has 0 heterocycles. The summed E-state index contributed by atoms with van der Waals surface area (Å²) < 4.78 is 0. The van der Waals surface area contributed by atoms with E-state index in [-0.39, 0.29) is 11.4 Å². The molecule has 0 bridgehead atoms. The monoisotopic (exact) mass is 300 g/mol. The van der Waals surface area contributed by atoms with Gasteiger partial charge in [-0.3, -0.25) is 20.2 Å². The molecule has 0 aliphatic carbocycles. The lowest BCUT2D eigenvalue weighted by Gasteiger charge is -2.14. The summed E-state index contributed by atoms with van der Waals surface area (Å²) in [6.45, 7) is 5.29. The van der Waals surface area contributed by atoms with E-state index in [1.807, 2.05) is 0 Å². The molecule has 0 unspecified atom stereocenters. The molecule has 0 aromatic heterocycles. The second-order valence-electron chi connectivity index (χ2n) is 5.36. The Hall–Kier alpha value is -2.76. The van der Waals surface area contributed by atoms with Crippen molar-refractivity contribution in [2.75, 3.05) is 0 Å². The zero-order valence-corrected chi connectivity index (χ0v) is 12.6. The summed E-state index contributed by atoms with van der Waals surface area (Å²) in [5, 5.41) is 22.5. The highest BCUT2D eigenvalue weighted by atomic mass is 16.6. The van der Waals surface area contributed by atoms with Crippen LogP contribution in [0.4, 0.5) is 11.4 Å². The molecule has 0 fully saturated rings. The number of hydrogen-bond acceptors (Lipinski definition) is 4. The van der Waals surface area contributed by atoms with Crippen molar-refractivity contribution in [3.8, 4) is 0 Å². The highest BCUT2D eigenvalue weighted by Gasteiger charge is 2.25. The van der Waals surface area contributed by atoms with E-state index in [4.69, 9.17) is 0 Å². The molecule has 2 aromatic carbocycles. The van der Waals surface area contributed by atoms with Gasteiger partial charge in [0.2, 0.25) is 0 Å². The number of hydrogen-bond donors (Lipinski definition) is 0. The molecular weight excluding hydrogens is 284 g/mol. The minimum Gasteiger partial charge on any atom is -0.258 e. The molecule has 0 N–H and O–H groups in total. The molecule has 22 heavy (non-hydrogen) atoms. The third kappa shape index (κ3) is 2.95. The molecule has 2 aromatic rings. The van der Waals surface area contributed by atoms with E-state index < -0.39 is 15.8 Å². The number of aryl methyl sites for hydroxylation is 2. The first kappa shape index (κ1) is 15.6. The topological polar surface area (TPSA) is 86.3 Å². The van der Waals surface area contributed by atoms with Crippen LogP contribution in [0, 0.1) is 34.1 Å². The lowest BCUT2D eigenvalue weighted by atomic mass is 9.89. The molecule has 6 nitrogen and oxygen atoms in total. The summed E-state index contributed by atoms with van der Waals surface area (Å²) in [7, 11) is 0. The molecule has 0 amide bonds. The molecule has 2 rings (SSSR count).